The Hall–Kier alpha value is -1.40. The van der Waals surface area contributed by atoms with Crippen LogP contribution in [0.25, 0.3) is 0 Å². The van der Waals surface area contributed by atoms with E-state index in [1.165, 1.54) is 7.05 Å². The monoisotopic (exact) mass is 271 g/mol. The van der Waals surface area contributed by atoms with Gasteiger partial charge in [0.15, 0.2) is 0 Å². The minimum absolute atomic E-state index is 0.161. The maximum absolute atomic E-state index is 12.2. The predicted molar refractivity (Wildman–Crippen MR) is 68.1 cm³/mol. The highest BCUT2D eigenvalue weighted by atomic mass is 32.2. The van der Waals surface area contributed by atoms with Gasteiger partial charge in [-0.05, 0) is 43.5 Å². The topological polar surface area (TPSA) is 74.7 Å². The van der Waals surface area contributed by atoms with Crippen molar-refractivity contribution in [1.29, 1.82) is 0 Å². The summed E-state index contributed by atoms with van der Waals surface area (Å²) in [6, 6.07) is 3.37. The highest BCUT2D eigenvalue weighted by molar-refractivity contribution is 7.89. The number of aliphatic carboxylic acids is 1. The predicted octanol–water partition coefficient (Wildman–Crippen LogP) is 1.32. The molecular formula is C12H17NO4S. The Bertz CT molecular complexity index is 578. The van der Waals surface area contributed by atoms with Gasteiger partial charge in [-0.3, -0.25) is 4.79 Å². The Morgan fingerprint density at radius 1 is 1.17 bits per heavy atom. The molecule has 1 rings (SSSR count). The van der Waals surface area contributed by atoms with Crippen molar-refractivity contribution in [3.63, 3.8) is 0 Å². The van der Waals surface area contributed by atoms with Crippen molar-refractivity contribution in [2.24, 2.45) is 0 Å². The molecule has 18 heavy (non-hydrogen) atoms. The molecule has 1 aromatic rings. The van der Waals surface area contributed by atoms with Gasteiger partial charge < -0.3 is 5.11 Å². The van der Waals surface area contributed by atoms with E-state index in [1.54, 1.807) is 19.1 Å². The molecule has 0 fully saturated rings. The lowest BCUT2D eigenvalue weighted by atomic mass is 10.1. The first-order valence-corrected chi connectivity index (χ1v) is 6.86. The van der Waals surface area contributed by atoms with Crippen molar-refractivity contribution >= 4 is 16.0 Å². The van der Waals surface area contributed by atoms with Gasteiger partial charge in [0.05, 0.1) is 4.90 Å². The summed E-state index contributed by atoms with van der Waals surface area (Å²) < 4.78 is 25.3. The highest BCUT2D eigenvalue weighted by Gasteiger charge is 2.24. The molecule has 0 aliphatic rings. The first-order chi connectivity index (χ1) is 8.16. The van der Waals surface area contributed by atoms with Crippen LogP contribution in [0.1, 0.15) is 16.7 Å². The number of carboxylic acid groups (broad SMARTS) is 1. The second kappa shape index (κ2) is 5.07. The third-order valence-corrected chi connectivity index (χ3v) is 4.78. The van der Waals surface area contributed by atoms with Crippen molar-refractivity contribution < 1.29 is 18.3 Å². The average Bonchev–Trinajstić information content (AvgIpc) is 2.22. The number of sulfonamides is 1. The van der Waals surface area contributed by atoms with E-state index in [1.807, 2.05) is 13.8 Å². The Balaban J connectivity index is 3.29. The van der Waals surface area contributed by atoms with Crippen LogP contribution in [0.3, 0.4) is 0 Å². The van der Waals surface area contributed by atoms with Crippen LogP contribution < -0.4 is 0 Å². The molecule has 0 amide bonds. The number of hydrogen-bond acceptors (Lipinski definition) is 3. The summed E-state index contributed by atoms with van der Waals surface area (Å²) >= 11 is 0. The van der Waals surface area contributed by atoms with E-state index < -0.39 is 22.5 Å². The van der Waals surface area contributed by atoms with Crippen molar-refractivity contribution in [3.8, 4) is 0 Å². The van der Waals surface area contributed by atoms with Gasteiger partial charge in [0.2, 0.25) is 10.0 Å². The molecule has 0 radical (unpaired) electrons. The van der Waals surface area contributed by atoms with Crippen molar-refractivity contribution in [1.82, 2.24) is 4.31 Å². The third-order valence-electron chi connectivity index (χ3n) is 2.84. The number of likely N-dealkylation sites (N-methyl/N-ethyl adjacent to an activating group) is 1. The van der Waals surface area contributed by atoms with Gasteiger partial charge in [0.25, 0.3) is 0 Å². The van der Waals surface area contributed by atoms with Gasteiger partial charge in [0, 0.05) is 7.05 Å². The summed E-state index contributed by atoms with van der Waals surface area (Å²) in [6.07, 6.45) is 0. The van der Waals surface area contributed by atoms with Crippen molar-refractivity contribution in [2.75, 3.05) is 13.6 Å². The molecule has 0 saturated carbocycles. The van der Waals surface area contributed by atoms with E-state index >= 15 is 0 Å². The van der Waals surface area contributed by atoms with Gasteiger partial charge in [-0.2, -0.15) is 4.31 Å². The number of nitrogens with zero attached hydrogens (tertiary/aromatic N) is 1. The smallest absolute Gasteiger partial charge is 0.318 e. The van der Waals surface area contributed by atoms with Crippen LogP contribution in [-0.2, 0) is 14.8 Å². The molecule has 1 N–H and O–H groups in total. The van der Waals surface area contributed by atoms with E-state index in [-0.39, 0.29) is 4.90 Å². The number of carbonyl (C=O) groups is 1. The van der Waals surface area contributed by atoms with E-state index in [9.17, 15) is 13.2 Å². The average molecular weight is 271 g/mol. The first-order valence-electron chi connectivity index (χ1n) is 5.42. The van der Waals surface area contributed by atoms with Crippen LogP contribution in [0, 0.1) is 20.8 Å². The number of benzene rings is 1. The summed E-state index contributed by atoms with van der Waals surface area (Å²) in [5, 5.41) is 8.66. The zero-order valence-corrected chi connectivity index (χ0v) is 11.7. The summed E-state index contributed by atoms with van der Waals surface area (Å²) in [5.41, 5.74) is 2.49. The van der Waals surface area contributed by atoms with E-state index in [2.05, 4.69) is 0 Å². The first kappa shape index (κ1) is 14.7. The third kappa shape index (κ3) is 2.88. The van der Waals surface area contributed by atoms with Crippen LogP contribution in [0.4, 0.5) is 0 Å². The van der Waals surface area contributed by atoms with Gasteiger partial charge in [0.1, 0.15) is 6.54 Å². The van der Waals surface area contributed by atoms with Crippen LogP contribution >= 0.6 is 0 Å². The maximum Gasteiger partial charge on any atom is 0.318 e. The van der Waals surface area contributed by atoms with Gasteiger partial charge in [-0.1, -0.05) is 6.07 Å². The van der Waals surface area contributed by atoms with E-state index in [0.29, 0.717) is 5.56 Å². The van der Waals surface area contributed by atoms with Gasteiger partial charge in [-0.25, -0.2) is 8.42 Å². The van der Waals surface area contributed by atoms with Crippen LogP contribution in [0.2, 0.25) is 0 Å². The molecule has 5 nitrogen and oxygen atoms in total. The highest BCUT2D eigenvalue weighted by Crippen LogP contribution is 2.22. The molecule has 0 spiro atoms. The molecule has 0 unspecified atom stereocenters. The molecule has 6 heteroatoms. The molecule has 0 bridgehead atoms. The second-order valence-electron chi connectivity index (χ2n) is 4.36. The fourth-order valence-electron chi connectivity index (χ4n) is 1.66. The quantitative estimate of drug-likeness (QED) is 0.896. The van der Waals surface area contributed by atoms with Crippen LogP contribution in [0.15, 0.2) is 17.0 Å². The van der Waals surface area contributed by atoms with Crippen LogP contribution in [0.5, 0.6) is 0 Å². The lowest BCUT2D eigenvalue weighted by Crippen LogP contribution is -2.32. The standard InChI is InChI=1S/C12H17NO4S/c1-8-5-10(3)11(6-9(8)2)18(16,17)13(4)7-12(14)15/h5-6H,7H2,1-4H3,(H,14,15). The Morgan fingerprint density at radius 3 is 2.17 bits per heavy atom. The molecule has 1 aromatic carbocycles. The number of rotatable bonds is 4. The summed E-state index contributed by atoms with van der Waals surface area (Å²) in [7, 11) is -2.49. The minimum Gasteiger partial charge on any atom is -0.480 e. The summed E-state index contributed by atoms with van der Waals surface area (Å²) in [4.78, 5) is 10.7. The molecule has 0 aliphatic heterocycles. The molecule has 0 aromatic heterocycles. The number of aryl methyl sites for hydroxylation is 3. The zero-order valence-electron chi connectivity index (χ0n) is 10.9. The normalized spacial score (nSPS) is 11.8. The second-order valence-corrected chi connectivity index (χ2v) is 6.37. The lowest BCUT2D eigenvalue weighted by Gasteiger charge is -2.17. The fourth-order valence-corrected chi connectivity index (χ4v) is 3.06. The van der Waals surface area contributed by atoms with E-state index in [0.717, 1.165) is 15.4 Å². The Labute approximate surface area is 107 Å². The molecule has 0 atom stereocenters. The van der Waals surface area contributed by atoms with Gasteiger partial charge in [-0.15, -0.1) is 0 Å². The van der Waals surface area contributed by atoms with Crippen LogP contribution in [-0.4, -0.2) is 37.4 Å². The lowest BCUT2D eigenvalue weighted by molar-refractivity contribution is -0.137. The number of carboxylic acids is 1. The molecule has 0 heterocycles. The molecule has 100 valence electrons. The summed E-state index contributed by atoms with van der Waals surface area (Å²) in [5.74, 6) is -1.18. The van der Waals surface area contributed by atoms with E-state index in [4.69, 9.17) is 5.11 Å². The number of hydrogen-bond donors (Lipinski definition) is 1. The molecular weight excluding hydrogens is 254 g/mol. The molecule has 0 aliphatic carbocycles. The largest absolute Gasteiger partial charge is 0.480 e. The van der Waals surface area contributed by atoms with Crippen molar-refractivity contribution in [3.05, 3.63) is 28.8 Å². The van der Waals surface area contributed by atoms with Crippen molar-refractivity contribution in [2.45, 2.75) is 25.7 Å². The maximum atomic E-state index is 12.2. The fraction of sp³-hybridized carbons (Fsp3) is 0.417. The molecule has 0 saturated heterocycles. The Morgan fingerprint density at radius 2 is 1.67 bits per heavy atom. The zero-order chi connectivity index (χ0) is 14.1. The van der Waals surface area contributed by atoms with Gasteiger partial charge >= 0.3 is 5.97 Å². The SMILES string of the molecule is Cc1cc(C)c(S(=O)(=O)N(C)CC(=O)O)cc1C. The minimum atomic E-state index is -3.75. The Kier molecular flexibility index (Phi) is 4.13. The summed E-state index contributed by atoms with van der Waals surface area (Å²) in [6.45, 7) is 4.88.